The monoisotopic (exact) mass is 378 g/mol. The number of phenolic OH excluding ortho intramolecular Hbond substituents is 1. The van der Waals surface area contributed by atoms with Crippen LogP contribution in [0.4, 0.5) is 0 Å². The van der Waals surface area contributed by atoms with E-state index in [2.05, 4.69) is 5.10 Å². The molecule has 0 aliphatic rings. The zero-order valence-electron chi connectivity index (χ0n) is 15.8. The topological polar surface area (TPSA) is 73.6 Å². The van der Waals surface area contributed by atoms with Crippen LogP contribution in [0.5, 0.6) is 17.4 Å². The minimum absolute atomic E-state index is 0.0368. The fourth-order valence-electron chi connectivity index (χ4n) is 2.77. The van der Waals surface area contributed by atoms with Crippen molar-refractivity contribution in [1.82, 2.24) is 9.78 Å². The van der Waals surface area contributed by atoms with Crippen LogP contribution in [0.3, 0.4) is 0 Å². The van der Waals surface area contributed by atoms with Crippen LogP contribution < -0.4 is 9.47 Å². The van der Waals surface area contributed by atoms with E-state index in [0.717, 1.165) is 16.7 Å². The third-order valence-electron chi connectivity index (χ3n) is 4.30. The first-order valence-corrected chi connectivity index (χ1v) is 8.82. The molecule has 0 bridgehead atoms. The summed E-state index contributed by atoms with van der Waals surface area (Å²) in [7, 11) is 3.30. The second kappa shape index (κ2) is 8.90. The summed E-state index contributed by atoms with van der Waals surface area (Å²) in [5, 5.41) is 13.9. The van der Waals surface area contributed by atoms with E-state index in [-0.39, 0.29) is 18.0 Å². The molecule has 1 N–H and O–H groups in total. The zero-order valence-corrected chi connectivity index (χ0v) is 15.8. The van der Waals surface area contributed by atoms with Gasteiger partial charge in [0.15, 0.2) is 17.3 Å². The van der Waals surface area contributed by atoms with Gasteiger partial charge < -0.3 is 14.6 Å². The van der Waals surface area contributed by atoms with E-state index < -0.39 is 0 Å². The van der Waals surface area contributed by atoms with Crippen molar-refractivity contribution in [1.29, 1.82) is 0 Å². The largest absolute Gasteiger partial charge is 0.504 e. The van der Waals surface area contributed by atoms with Gasteiger partial charge in [0.2, 0.25) is 5.88 Å². The van der Waals surface area contributed by atoms with Crippen molar-refractivity contribution in [3.8, 4) is 17.4 Å². The Morgan fingerprint density at radius 1 is 1.18 bits per heavy atom. The summed E-state index contributed by atoms with van der Waals surface area (Å²) in [6, 6.07) is 14.5. The normalized spacial score (nSPS) is 10.9. The van der Waals surface area contributed by atoms with E-state index in [1.54, 1.807) is 41.2 Å². The van der Waals surface area contributed by atoms with E-state index in [4.69, 9.17) is 9.47 Å². The highest BCUT2D eigenvalue weighted by Gasteiger charge is 2.08. The lowest BCUT2D eigenvalue weighted by molar-refractivity contribution is -0.113. The van der Waals surface area contributed by atoms with E-state index in [9.17, 15) is 9.90 Å². The first-order valence-electron chi connectivity index (χ1n) is 8.82. The molecule has 0 saturated carbocycles. The van der Waals surface area contributed by atoms with Crippen LogP contribution in [-0.2, 0) is 24.9 Å². The molecular formula is C22H22N2O4. The molecule has 0 amide bonds. The summed E-state index contributed by atoms with van der Waals surface area (Å²) in [6.45, 7) is 0.360. The predicted molar refractivity (Wildman–Crippen MR) is 106 cm³/mol. The van der Waals surface area contributed by atoms with Gasteiger partial charge in [-0.1, -0.05) is 36.4 Å². The quantitative estimate of drug-likeness (QED) is 0.607. The highest BCUT2D eigenvalue weighted by molar-refractivity contribution is 5.95. The molecule has 0 unspecified atom stereocenters. The fraction of sp³-hybridized carbons (Fsp3) is 0.182. The Morgan fingerprint density at radius 3 is 2.64 bits per heavy atom. The number of ether oxygens (including phenoxy) is 2. The molecule has 0 aliphatic carbocycles. The minimum Gasteiger partial charge on any atom is -0.504 e. The van der Waals surface area contributed by atoms with Crippen LogP contribution in [0.15, 0.2) is 60.8 Å². The van der Waals surface area contributed by atoms with Crippen molar-refractivity contribution in [2.45, 2.75) is 13.0 Å². The molecule has 3 rings (SSSR count). The van der Waals surface area contributed by atoms with Crippen molar-refractivity contribution >= 4 is 11.9 Å². The Labute approximate surface area is 163 Å². The summed E-state index contributed by atoms with van der Waals surface area (Å²) in [4.78, 5) is 12.4. The van der Waals surface area contributed by atoms with Gasteiger partial charge in [0.1, 0.15) is 6.61 Å². The van der Waals surface area contributed by atoms with Crippen LogP contribution in [-0.4, -0.2) is 27.8 Å². The number of carbonyl (C=O) groups is 1. The molecule has 0 radical (unpaired) electrons. The number of allylic oxidation sites excluding steroid dienone is 1. The summed E-state index contributed by atoms with van der Waals surface area (Å²) in [6.07, 6.45) is 5.13. The number of aromatic hydroxyl groups is 1. The average Bonchev–Trinajstić information content (AvgIpc) is 3.10. The molecule has 0 atom stereocenters. The van der Waals surface area contributed by atoms with Crippen molar-refractivity contribution < 1.29 is 19.4 Å². The Morgan fingerprint density at radius 2 is 1.96 bits per heavy atom. The number of hydrogen-bond donors (Lipinski definition) is 1. The smallest absolute Gasteiger partial charge is 0.211 e. The number of nitrogens with zero attached hydrogens (tertiary/aromatic N) is 2. The first kappa shape index (κ1) is 19.2. The second-order valence-electron chi connectivity index (χ2n) is 6.26. The third kappa shape index (κ3) is 4.79. The minimum atomic E-state index is -0.0386. The van der Waals surface area contributed by atoms with Gasteiger partial charge in [-0.3, -0.25) is 4.79 Å². The highest BCUT2D eigenvalue weighted by Crippen LogP contribution is 2.26. The molecule has 0 saturated heterocycles. The molecular weight excluding hydrogens is 356 g/mol. The lowest BCUT2D eigenvalue weighted by Crippen LogP contribution is -2.06. The predicted octanol–water partition coefficient (Wildman–Crippen LogP) is 3.54. The summed E-state index contributed by atoms with van der Waals surface area (Å²) < 4.78 is 12.5. The van der Waals surface area contributed by atoms with Crippen LogP contribution in [0, 0.1) is 0 Å². The van der Waals surface area contributed by atoms with Gasteiger partial charge in [0, 0.05) is 19.5 Å². The number of methoxy groups -OCH3 is 1. The number of ketones is 1. The SMILES string of the molecule is COc1ccc(/C=C/C(=O)Cc2ccccc2COc2ccnn2C)cc1O. The molecule has 6 heteroatoms. The average molecular weight is 378 g/mol. The summed E-state index contributed by atoms with van der Waals surface area (Å²) in [5.74, 6) is 1.06. The maximum atomic E-state index is 12.4. The van der Waals surface area contributed by atoms with Crippen molar-refractivity contribution in [3.63, 3.8) is 0 Å². The number of carbonyl (C=O) groups excluding carboxylic acids is 1. The lowest BCUT2D eigenvalue weighted by atomic mass is 10.0. The van der Waals surface area contributed by atoms with Gasteiger partial charge in [-0.05, 0) is 34.9 Å². The number of hydrogen-bond acceptors (Lipinski definition) is 5. The van der Waals surface area contributed by atoms with Crippen LogP contribution >= 0.6 is 0 Å². The van der Waals surface area contributed by atoms with Gasteiger partial charge in [-0.2, -0.15) is 5.10 Å². The maximum Gasteiger partial charge on any atom is 0.211 e. The first-order chi connectivity index (χ1) is 13.6. The van der Waals surface area contributed by atoms with E-state index in [0.29, 0.717) is 18.2 Å². The molecule has 0 spiro atoms. The highest BCUT2D eigenvalue weighted by atomic mass is 16.5. The molecule has 6 nitrogen and oxygen atoms in total. The van der Waals surface area contributed by atoms with Gasteiger partial charge in [-0.15, -0.1) is 0 Å². The van der Waals surface area contributed by atoms with Crippen LogP contribution in [0.25, 0.3) is 6.08 Å². The molecule has 144 valence electrons. The second-order valence-corrected chi connectivity index (χ2v) is 6.26. The number of benzene rings is 2. The molecule has 28 heavy (non-hydrogen) atoms. The molecule has 0 fully saturated rings. The lowest BCUT2D eigenvalue weighted by Gasteiger charge is -2.10. The Balaban J connectivity index is 1.65. The van der Waals surface area contributed by atoms with Gasteiger partial charge in [-0.25, -0.2) is 4.68 Å². The van der Waals surface area contributed by atoms with E-state index >= 15 is 0 Å². The standard InChI is InChI=1S/C22H22N2O4/c1-24-22(11-12-23-24)28-15-18-6-4-3-5-17(18)14-19(25)9-7-16-8-10-21(27-2)20(26)13-16/h3-13,26H,14-15H2,1-2H3/b9-7+. The van der Waals surface area contributed by atoms with Crippen LogP contribution in [0.2, 0.25) is 0 Å². The fourth-order valence-corrected chi connectivity index (χ4v) is 2.77. The Kier molecular flexibility index (Phi) is 6.11. The molecule has 2 aromatic carbocycles. The zero-order chi connectivity index (χ0) is 19.9. The number of rotatable bonds is 8. The number of aromatic nitrogens is 2. The van der Waals surface area contributed by atoms with Gasteiger partial charge in [0.05, 0.1) is 13.3 Å². The van der Waals surface area contributed by atoms with Crippen molar-refractivity contribution in [2.24, 2.45) is 7.05 Å². The molecule has 3 aromatic rings. The third-order valence-corrected chi connectivity index (χ3v) is 4.30. The van der Waals surface area contributed by atoms with Gasteiger partial charge >= 0.3 is 0 Å². The number of aryl methyl sites for hydroxylation is 1. The van der Waals surface area contributed by atoms with Crippen molar-refractivity contribution in [2.75, 3.05) is 7.11 Å². The summed E-state index contributed by atoms with van der Waals surface area (Å²) >= 11 is 0. The van der Waals surface area contributed by atoms with Crippen LogP contribution in [0.1, 0.15) is 16.7 Å². The molecule has 1 heterocycles. The number of phenols is 1. The Hall–Kier alpha value is -3.54. The van der Waals surface area contributed by atoms with E-state index in [1.807, 2.05) is 31.3 Å². The summed E-state index contributed by atoms with van der Waals surface area (Å²) in [5.41, 5.74) is 2.59. The van der Waals surface area contributed by atoms with Crippen molar-refractivity contribution in [3.05, 3.63) is 77.5 Å². The molecule has 1 aromatic heterocycles. The van der Waals surface area contributed by atoms with Gasteiger partial charge in [0.25, 0.3) is 0 Å². The molecule has 0 aliphatic heterocycles. The van der Waals surface area contributed by atoms with E-state index in [1.165, 1.54) is 13.2 Å². The maximum absolute atomic E-state index is 12.4. The Bertz CT molecular complexity index is 992.